The Balaban J connectivity index is 1.51. The minimum absolute atomic E-state index is 0.0791. The molecule has 2 aromatic rings. The van der Waals surface area contributed by atoms with Crippen LogP contribution in [0.15, 0.2) is 36.5 Å². The first-order valence-corrected chi connectivity index (χ1v) is 13.0. The molecule has 1 aliphatic heterocycles. The van der Waals surface area contributed by atoms with Gasteiger partial charge in [-0.25, -0.2) is 4.98 Å². The van der Waals surface area contributed by atoms with Gasteiger partial charge in [0.2, 0.25) is 11.8 Å². The van der Waals surface area contributed by atoms with Crippen LogP contribution < -0.4 is 4.74 Å². The van der Waals surface area contributed by atoms with Crippen molar-refractivity contribution < 1.29 is 14.3 Å². The largest absolute Gasteiger partial charge is 0.474 e. The zero-order chi connectivity index (χ0) is 24.2. The van der Waals surface area contributed by atoms with E-state index in [1.807, 2.05) is 30.0 Å². The van der Waals surface area contributed by atoms with Gasteiger partial charge in [0.05, 0.1) is 15.1 Å². The number of amides is 1. The Kier molecular flexibility index (Phi) is 8.62. The molecule has 2 heterocycles. The normalized spacial score (nSPS) is 25.9. The van der Waals surface area contributed by atoms with Crippen molar-refractivity contribution in [2.24, 2.45) is 17.8 Å². The molecule has 0 radical (unpaired) electrons. The fourth-order valence-electron chi connectivity index (χ4n) is 5.36. The van der Waals surface area contributed by atoms with Gasteiger partial charge in [0, 0.05) is 56.8 Å². The van der Waals surface area contributed by atoms with Gasteiger partial charge in [0.25, 0.3) is 0 Å². The lowest BCUT2D eigenvalue weighted by atomic mass is 9.81. The molecule has 2 aliphatic rings. The van der Waals surface area contributed by atoms with E-state index >= 15 is 0 Å². The molecular formula is C26H31Cl3N2O3. The number of hydrogen-bond donors (Lipinski definition) is 0. The summed E-state index contributed by atoms with van der Waals surface area (Å²) in [6.07, 6.45) is 5.34. The van der Waals surface area contributed by atoms with Crippen LogP contribution in [0.3, 0.4) is 0 Å². The summed E-state index contributed by atoms with van der Waals surface area (Å²) in [6.45, 7) is 4.09. The third-order valence-corrected chi connectivity index (χ3v) is 8.22. The van der Waals surface area contributed by atoms with Crippen molar-refractivity contribution in [1.29, 1.82) is 0 Å². The fraction of sp³-hybridized carbons (Fsp3) is 0.538. The molecule has 0 bridgehead atoms. The minimum Gasteiger partial charge on any atom is -0.474 e. The average Bonchev–Trinajstić information content (AvgIpc) is 3.28. The highest BCUT2D eigenvalue weighted by Crippen LogP contribution is 2.40. The van der Waals surface area contributed by atoms with Gasteiger partial charge < -0.3 is 14.4 Å². The molecule has 1 aliphatic carbocycles. The number of carbonyl (C=O) groups excluding carboxylic acids is 1. The van der Waals surface area contributed by atoms with Crippen molar-refractivity contribution in [3.63, 3.8) is 0 Å². The lowest BCUT2D eigenvalue weighted by Crippen LogP contribution is -2.37. The van der Waals surface area contributed by atoms with Gasteiger partial charge in [-0.15, -0.1) is 0 Å². The van der Waals surface area contributed by atoms with Gasteiger partial charge in [0.15, 0.2) is 0 Å². The number of pyridine rings is 1. The molecule has 34 heavy (non-hydrogen) atoms. The summed E-state index contributed by atoms with van der Waals surface area (Å²) in [5.41, 5.74) is 1.07. The summed E-state index contributed by atoms with van der Waals surface area (Å²) in [7, 11) is 1.74. The van der Waals surface area contributed by atoms with Gasteiger partial charge >= 0.3 is 0 Å². The molecule has 1 aromatic carbocycles. The molecule has 3 atom stereocenters. The molecule has 5 nitrogen and oxygen atoms in total. The monoisotopic (exact) mass is 524 g/mol. The number of hydrogen-bond acceptors (Lipinski definition) is 4. The van der Waals surface area contributed by atoms with Crippen molar-refractivity contribution in [2.75, 3.05) is 26.8 Å². The van der Waals surface area contributed by atoms with Crippen LogP contribution in [0.1, 0.15) is 44.1 Å². The fourth-order valence-corrected chi connectivity index (χ4v) is 5.78. The Morgan fingerprint density at radius 1 is 1.09 bits per heavy atom. The molecule has 0 spiro atoms. The van der Waals surface area contributed by atoms with Crippen LogP contribution in [0.2, 0.25) is 15.1 Å². The zero-order valence-electron chi connectivity index (χ0n) is 19.6. The first-order valence-electron chi connectivity index (χ1n) is 11.9. The summed E-state index contributed by atoms with van der Waals surface area (Å²) in [5.74, 6) is 1.58. The van der Waals surface area contributed by atoms with Crippen LogP contribution in [0.25, 0.3) is 0 Å². The maximum absolute atomic E-state index is 13.5. The van der Waals surface area contributed by atoms with Gasteiger partial charge in [0.1, 0.15) is 6.10 Å². The lowest BCUT2D eigenvalue weighted by molar-refractivity contribution is -0.136. The molecule has 1 amide bonds. The maximum atomic E-state index is 13.5. The smallest absolute Gasteiger partial charge is 0.225 e. The molecular weight excluding hydrogens is 495 g/mol. The quantitative estimate of drug-likeness (QED) is 0.414. The average molecular weight is 526 g/mol. The second-order valence-corrected chi connectivity index (χ2v) is 10.7. The Labute approximate surface area is 216 Å². The van der Waals surface area contributed by atoms with E-state index in [1.54, 1.807) is 25.4 Å². The highest BCUT2D eigenvalue weighted by molar-refractivity contribution is 6.42. The predicted molar refractivity (Wildman–Crippen MR) is 136 cm³/mol. The highest BCUT2D eigenvalue weighted by Gasteiger charge is 2.42. The zero-order valence-corrected chi connectivity index (χ0v) is 21.8. The van der Waals surface area contributed by atoms with E-state index < -0.39 is 0 Å². The Morgan fingerprint density at radius 3 is 2.50 bits per heavy atom. The summed E-state index contributed by atoms with van der Waals surface area (Å²) < 4.78 is 11.5. The third-order valence-electron chi connectivity index (χ3n) is 7.26. The number of halogens is 3. The standard InChI is InChI=1S/C26H31Cl3N2O3/c1-16(34-25-10-8-20(27)12-30-25)21-13-31(14-22(21)19-7-9-23(28)24(29)11-19)26(32)18-5-3-17(4-6-18)15-33-2/h7-12,16-18,21-22H,3-6,13-15H2,1-2H3/t16-,17-,18-,21+,22+/m0/s1. The van der Waals surface area contributed by atoms with Gasteiger partial charge in [-0.1, -0.05) is 40.9 Å². The van der Waals surface area contributed by atoms with Crippen molar-refractivity contribution in [3.05, 3.63) is 57.2 Å². The number of nitrogens with zero attached hydrogens (tertiary/aromatic N) is 2. The summed E-state index contributed by atoms with van der Waals surface area (Å²) in [5, 5.41) is 1.61. The van der Waals surface area contributed by atoms with Crippen molar-refractivity contribution in [1.82, 2.24) is 9.88 Å². The number of aromatic nitrogens is 1. The van der Waals surface area contributed by atoms with E-state index in [2.05, 4.69) is 4.98 Å². The summed E-state index contributed by atoms with van der Waals surface area (Å²) >= 11 is 18.5. The molecule has 0 N–H and O–H groups in total. The lowest BCUT2D eigenvalue weighted by Gasteiger charge is -2.30. The van der Waals surface area contributed by atoms with E-state index in [1.165, 1.54) is 0 Å². The van der Waals surface area contributed by atoms with Crippen LogP contribution in [0.4, 0.5) is 0 Å². The number of ether oxygens (including phenoxy) is 2. The van der Waals surface area contributed by atoms with E-state index in [0.717, 1.165) is 37.9 Å². The second kappa shape index (κ2) is 11.5. The molecule has 184 valence electrons. The van der Waals surface area contributed by atoms with Gasteiger partial charge in [-0.2, -0.15) is 0 Å². The minimum atomic E-state index is -0.164. The van der Waals surface area contributed by atoms with Crippen LogP contribution >= 0.6 is 34.8 Å². The maximum Gasteiger partial charge on any atom is 0.225 e. The number of carbonyl (C=O) groups is 1. The predicted octanol–water partition coefficient (Wildman–Crippen LogP) is 6.50. The van der Waals surface area contributed by atoms with Crippen LogP contribution in [0, 0.1) is 17.8 Å². The molecule has 8 heteroatoms. The molecule has 1 saturated heterocycles. The topological polar surface area (TPSA) is 51.7 Å². The van der Waals surface area contributed by atoms with E-state index in [9.17, 15) is 4.79 Å². The van der Waals surface area contributed by atoms with E-state index in [-0.39, 0.29) is 29.8 Å². The molecule has 0 unspecified atom stereocenters. The van der Waals surface area contributed by atoms with E-state index in [4.69, 9.17) is 44.3 Å². The second-order valence-electron chi connectivity index (χ2n) is 9.50. The Morgan fingerprint density at radius 2 is 1.85 bits per heavy atom. The molecule has 2 fully saturated rings. The highest BCUT2D eigenvalue weighted by atomic mass is 35.5. The third kappa shape index (κ3) is 5.99. The van der Waals surface area contributed by atoms with Crippen molar-refractivity contribution >= 4 is 40.7 Å². The summed E-state index contributed by atoms with van der Waals surface area (Å²) in [4.78, 5) is 19.8. The number of methoxy groups -OCH3 is 1. The number of benzene rings is 1. The first kappa shape index (κ1) is 25.6. The number of rotatable bonds is 7. The molecule has 1 saturated carbocycles. The summed E-state index contributed by atoms with van der Waals surface area (Å²) in [6, 6.07) is 9.27. The van der Waals surface area contributed by atoms with Crippen LogP contribution in [-0.4, -0.2) is 48.7 Å². The molecule has 1 aromatic heterocycles. The van der Waals surface area contributed by atoms with Crippen LogP contribution in [0.5, 0.6) is 5.88 Å². The van der Waals surface area contributed by atoms with E-state index in [0.29, 0.717) is 40.0 Å². The first-order chi connectivity index (χ1) is 16.4. The SMILES string of the molecule is COC[C@H]1CC[C@H](C(=O)N2C[C@H]([C@H](C)Oc3ccc(Cl)cn3)[C@@H](c3ccc(Cl)c(Cl)c3)C2)CC1. The van der Waals surface area contributed by atoms with Crippen molar-refractivity contribution in [3.8, 4) is 5.88 Å². The van der Waals surface area contributed by atoms with Gasteiger partial charge in [-0.3, -0.25) is 4.79 Å². The van der Waals surface area contributed by atoms with Crippen LogP contribution in [-0.2, 0) is 9.53 Å². The number of likely N-dealkylation sites (tertiary alicyclic amines) is 1. The van der Waals surface area contributed by atoms with Gasteiger partial charge in [-0.05, 0) is 62.3 Å². The molecule has 4 rings (SSSR count). The van der Waals surface area contributed by atoms with Crippen molar-refractivity contribution in [2.45, 2.75) is 44.6 Å². The Bertz CT molecular complexity index is 980. The Hall–Kier alpha value is -1.53.